The van der Waals surface area contributed by atoms with Gasteiger partial charge in [-0.2, -0.15) is 11.8 Å². The van der Waals surface area contributed by atoms with Gasteiger partial charge in [0.05, 0.1) is 5.60 Å². The Labute approximate surface area is 121 Å². The Morgan fingerprint density at radius 2 is 2.15 bits per heavy atom. The zero-order valence-electron chi connectivity index (χ0n) is 11.2. The lowest BCUT2D eigenvalue weighted by Crippen LogP contribution is -2.45. The van der Waals surface area contributed by atoms with Gasteiger partial charge in [-0.3, -0.25) is 4.79 Å². The standard InChI is InChI=1S/C15H18N2O2S/c18-14(17-10-15(19)4-7-20-8-5-15)12-2-1-11-3-6-16-13(11)9-12/h1-3,6,9,16,19H,4-5,7-8,10H2,(H,17,18). The van der Waals surface area contributed by atoms with E-state index in [9.17, 15) is 9.90 Å². The van der Waals surface area contributed by atoms with Crippen molar-refractivity contribution in [2.45, 2.75) is 18.4 Å². The van der Waals surface area contributed by atoms with Crippen LogP contribution in [0.3, 0.4) is 0 Å². The Morgan fingerprint density at radius 1 is 1.35 bits per heavy atom. The van der Waals surface area contributed by atoms with Crippen molar-refractivity contribution in [1.82, 2.24) is 10.3 Å². The van der Waals surface area contributed by atoms with Gasteiger partial charge < -0.3 is 15.4 Å². The molecule has 5 heteroatoms. The van der Waals surface area contributed by atoms with Crippen LogP contribution in [0.2, 0.25) is 0 Å². The number of amides is 1. The maximum atomic E-state index is 12.2. The smallest absolute Gasteiger partial charge is 0.251 e. The van der Waals surface area contributed by atoms with Crippen molar-refractivity contribution >= 4 is 28.6 Å². The molecule has 0 atom stereocenters. The fourth-order valence-corrected chi connectivity index (χ4v) is 3.72. The summed E-state index contributed by atoms with van der Waals surface area (Å²) in [6, 6.07) is 7.55. The number of aromatic nitrogens is 1. The van der Waals surface area contributed by atoms with E-state index in [1.54, 1.807) is 0 Å². The average Bonchev–Trinajstić information content (AvgIpc) is 2.93. The topological polar surface area (TPSA) is 65.1 Å². The first-order chi connectivity index (χ1) is 9.66. The zero-order valence-corrected chi connectivity index (χ0v) is 12.0. The lowest BCUT2D eigenvalue weighted by Gasteiger charge is -2.31. The van der Waals surface area contributed by atoms with Crippen LogP contribution in [0.5, 0.6) is 0 Å². The minimum Gasteiger partial charge on any atom is -0.388 e. The van der Waals surface area contributed by atoms with Gasteiger partial charge in [-0.05, 0) is 47.9 Å². The number of H-pyrrole nitrogens is 1. The lowest BCUT2D eigenvalue weighted by molar-refractivity contribution is 0.0311. The largest absolute Gasteiger partial charge is 0.388 e. The van der Waals surface area contributed by atoms with Gasteiger partial charge in [0.15, 0.2) is 0 Å². The molecule has 1 aliphatic rings. The summed E-state index contributed by atoms with van der Waals surface area (Å²) in [5.41, 5.74) is 0.830. The minimum atomic E-state index is -0.739. The van der Waals surface area contributed by atoms with Crippen LogP contribution in [-0.4, -0.2) is 39.6 Å². The number of thioether (sulfide) groups is 1. The van der Waals surface area contributed by atoms with Gasteiger partial charge in [-0.25, -0.2) is 0 Å². The maximum absolute atomic E-state index is 12.2. The zero-order chi connectivity index (χ0) is 14.0. The summed E-state index contributed by atoms with van der Waals surface area (Å²) in [5, 5.41) is 14.3. The molecule has 20 heavy (non-hydrogen) atoms. The SMILES string of the molecule is O=C(NCC1(O)CCSCC1)c1ccc2cc[nH]c2c1. The average molecular weight is 290 g/mol. The molecule has 1 amide bonds. The molecule has 0 saturated carbocycles. The number of aromatic amines is 1. The molecule has 0 unspecified atom stereocenters. The summed E-state index contributed by atoms with van der Waals surface area (Å²) in [6.07, 6.45) is 3.34. The predicted molar refractivity (Wildman–Crippen MR) is 82.1 cm³/mol. The van der Waals surface area contributed by atoms with Crippen LogP contribution in [0, 0.1) is 0 Å². The van der Waals surface area contributed by atoms with E-state index in [2.05, 4.69) is 10.3 Å². The van der Waals surface area contributed by atoms with Crippen LogP contribution in [0.4, 0.5) is 0 Å². The summed E-state index contributed by atoms with van der Waals surface area (Å²) >= 11 is 1.85. The Hall–Kier alpha value is -1.46. The summed E-state index contributed by atoms with van der Waals surface area (Å²) in [7, 11) is 0. The van der Waals surface area contributed by atoms with E-state index in [0.717, 1.165) is 35.3 Å². The highest BCUT2D eigenvalue weighted by molar-refractivity contribution is 7.99. The van der Waals surface area contributed by atoms with Gasteiger partial charge in [0.25, 0.3) is 5.91 Å². The van der Waals surface area contributed by atoms with E-state index in [4.69, 9.17) is 0 Å². The number of fused-ring (bicyclic) bond motifs is 1. The van der Waals surface area contributed by atoms with E-state index in [0.29, 0.717) is 12.1 Å². The molecule has 1 fully saturated rings. The monoisotopic (exact) mass is 290 g/mol. The molecule has 1 aliphatic heterocycles. The molecule has 1 aromatic carbocycles. The molecule has 1 saturated heterocycles. The van der Waals surface area contributed by atoms with Crippen molar-refractivity contribution in [3.05, 3.63) is 36.0 Å². The summed E-state index contributed by atoms with van der Waals surface area (Å²) in [5.74, 6) is 1.79. The second-order valence-electron chi connectivity index (χ2n) is 5.30. The van der Waals surface area contributed by atoms with Crippen molar-refractivity contribution < 1.29 is 9.90 Å². The fourth-order valence-electron chi connectivity index (χ4n) is 2.46. The number of rotatable bonds is 3. The van der Waals surface area contributed by atoms with Crippen LogP contribution < -0.4 is 5.32 Å². The van der Waals surface area contributed by atoms with Crippen molar-refractivity contribution in [3.63, 3.8) is 0 Å². The van der Waals surface area contributed by atoms with Crippen LogP contribution in [0.25, 0.3) is 10.9 Å². The number of carbonyl (C=O) groups is 1. The Kier molecular flexibility index (Phi) is 3.72. The summed E-state index contributed by atoms with van der Waals surface area (Å²) in [4.78, 5) is 15.2. The van der Waals surface area contributed by atoms with Crippen molar-refractivity contribution in [2.24, 2.45) is 0 Å². The molecule has 2 heterocycles. The summed E-state index contributed by atoms with van der Waals surface area (Å²) < 4.78 is 0. The van der Waals surface area contributed by atoms with Gasteiger partial charge in [0.2, 0.25) is 0 Å². The van der Waals surface area contributed by atoms with Crippen molar-refractivity contribution in [3.8, 4) is 0 Å². The number of hydrogen-bond donors (Lipinski definition) is 3. The highest BCUT2D eigenvalue weighted by Gasteiger charge is 2.29. The third kappa shape index (κ3) is 2.83. The minimum absolute atomic E-state index is 0.131. The van der Waals surface area contributed by atoms with Gasteiger partial charge in [-0.1, -0.05) is 6.07 Å². The molecular weight excluding hydrogens is 272 g/mol. The van der Waals surface area contributed by atoms with E-state index in [-0.39, 0.29) is 5.91 Å². The van der Waals surface area contributed by atoms with E-state index in [1.807, 2.05) is 42.2 Å². The Morgan fingerprint density at radius 3 is 2.95 bits per heavy atom. The molecule has 2 aromatic rings. The molecule has 0 radical (unpaired) electrons. The first-order valence-electron chi connectivity index (χ1n) is 6.82. The Bertz CT molecular complexity index is 617. The van der Waals surface area contributed by atoms with Gasteiger partial charge in [0.1, 0.15) is 0 Å². The number of aliphatic hydroxyl groups is 1. The molecule has 0 aliphatic carbocycles. The Balaban J connectivity index is 1.66. The van der Waals surface area contributed by atoms with Crippen LogP contribution >= 0.6 is 11.8 Å². The molecule has 4 nitrogen and oxygen atoms in total. The van der Waals surface area contributed by atoms with Crippen LogP contribution in [0.15, 0.2) is 30.5 Å². The van der Waals surface area contributed by atoms with E-state index >= 15 is 0 Å². The van der Waals surface area contributed by atoms with Crippen molar-refractivity contribution in [1.29, 1.82) is 0 Å². The van der Waals surface area contributed by atoms with Gasteiger partial charge in [0, 0.05) is 23.8 Å². The second-order valence-corrected chi connectivity index (χ2v) is 6.52. The summed E-state index contributed by atoms with van der Waals surface area (Å²) in [6.45, 7) is 0.329. The molecule has 1 aromatic heterocycles. The van der Waals surface area contributed by atoms with Gasteiger partial charge in [-0.15, -0.1) is 0 Å². The number of carbonyl (C=O) groups excluding carboxylic acids is 1. The number of nitrogens with one attached hydrogen (secondary N) is 2. The molecule has 0 spiro atoms. The first kappa shape index (κ1) is 13.5. The second kappa shape index (κ2) is 5.50. The van der Waals surface area contributed by atoms with Crippen LogP contribution in [0.1, 0.15) is 23.2 Å². The predicted octanol–water partition coefficient (Wildman–Crippen LogP) is 2.16. The number of benzene rings is 1. The third-order valence-corrected chi connectivity index (χ3v) is 4.80. The molecular formula is C15H18N2O2S. The third-order valence-electron chi connectivity index (χ3n) is 3.82. The molecule has 3 N–H and O–H groups in total. The maximum Gasteiger partial charge on any atom is 0.251 e. The van der Waals surface area contributed by atoms with E-state index < -0.39 is 5.60 Å². The molecule has 0 bridgehead atoms. The van der Waals surface area contributed by atoms with Gasteiger partial charge >= 0.3 is 0 Å². The fraction of sp³-hybridized carbons (Fsp3) is 0.400. The lowest BCUT2D eigenvalue weighted by atomic mass is 9.97. The normalized spacial score (nSPS) is 18.1. The highest BCUT2D eigenvalue weighted by Crippen LogP contribution is 2.26. The molecule has 3 rings (SSSR count). The van der Waals surface area contributed by atoms with E-state index in [1.165, 1.54) is 0 Å². The van der Waals surface area contributed by atoms with Crippen molar-refractivity contribution in [2.75, 3.05) is 18.1 Å². The highest BCUT2D eigenvalue weighted by atomic mass is 32.2. The van der Waals surface area contributed by atoms with Crippen LogP contribution in [-0.2, 0) is 0 Å². The first-order valence-corrected chi connectivity index (χ1v) is 7.97. The molecule has 106 valence electrons. The number of hydrogen-bond acceptors (Lipinski definition) is 3. The quantitative estimate of drug-likeness (QED) is 0.811.